The Morgan fingerprint density at radius 1 is 0.935 bits per heavy atom. The lowest BCUT2D eigenvalue weighted by Crippen LogP contribution is -2.39. The van der Waals surface area contributed by atoms with Gasteiger partial charge in [-0.1, -0.05) is 23.7 Å². The molecule has 0 bridgehead atoms. The number of rotatable bonds is 6. The zero-order valence-corrected chi connectivity index (χ0v) is 19.5. The van der Waals surface area contributed by atoms with Gasteiger partial charge in [-0.15, -0.1) is 0 Å². The number of halogens is 1. The van der Waals surface area contributed by atoms with Crippen molar-refractivity contribution in [1.29, 1.82) is 0 Å². The van der Waals surface area contributed by atoms with Gasteiger partial charge in [-0.3, -0.25) is 4.90 Å². The lowest BCUT2D eigenvalue weighted by atomic mass is 10.1. The van der Waals surface area contributed by atoms with Crippen molar-refractivity contribution in [3.8, 4) is 0 Å². The van der Waals surface area contributed by atoms with Gasteiger partial charge in [0.25, 0.3) is 0 Å². The fourth-order valence-electron chi connectivity index (χ4n) is 5.25. The number of benzene rings is 2. The first kappa shape index (κ1) is 21.0. The normalized spacial score (nSPS) is 20.3. The van der Waals surface area contributed by atoms with Gasteiger partial charge in [0, 0.05) is 24.2 Å². The Labute approximate surface area is 190 Å². The monoisotopic (exact) mass is 436 g/mol. The molecule has 2 saturated heterocycles. The van der Waals surface area contributed by atoms with Crippen LogP contribution < -0.4 is 0 Å². The van der Waals surface area contributed by atoms with E-state index in [-0.39, 0.29) is 0 Å². The van der Waals surface area contributed by atoms with Crippen LogP contribution in [0.25, 0.3) is 11.0 Å². The van der Waals surface area contributed by atoms with Gasteiger partial charge in [0.2, 0.25) is 0 Å². The zero-order chi connectivity index (χ0) is 21.4. The molecule has 0 radical (unpaired) electrons. The largest absolute Gasteiger partial charge is 0.322 e. The molecule has 31 heavy (non-hydrogen) atoms. The number of hydrogen-bond donors (Lipinski definition) is 0. The summed E-state index contributed by atoms with van der Waals surface area (Å²) in [6.45, 7) is 11.1. The van der Waals surface area contributed by atoms with E-state index >= 15 is 0 Å². The van der Waals surface area contributed by atoms with Gasteiger partial charge < -0.3 is 9.47 Å². The Morgan fingerprint density at radius 3 is 2.45 bits per heavy atom. The van der Waals surface area contributed by atoms with Gasteiger partial charge >= 0.3 is 0 Å². The third-order valence-electron chi connectivity index (χ3n) is 7.21. The summed E-state index contributed by atoms with van der Waals surface area (Å²) in [6, 6.07) is 13.4. The van der Waals surface area contributed by atoms with Crippen LogP contribution in [0.15, 0.2) is 36.4 Å². The minimum atomic E-state index is 0.658. The number of hydrogen-bond acceptors (Lipinski definition) is 3. The molecule has 2 fully saturated rings. The van der Waals surface area contributed by atoms with Gasteiger partial charge in [-0.25, -0.2) is 4.98 Å². The SMILES string of the molecule is Cc1cc2nc(CN3CCC[C@H]3CN3CCCC3)n(Cc3ccc(Cl)cc3)c2cc1C. The van der Waals surface area contributed by atoms with Gasteiger partial charge in [-0.05, 0) is 100 Å². The van der Waals surface area contributed by atoms with Crippen molar-refractivity contribution in [2.24, 2.45) is 0 Å². The molecule has 0 saturated carbocycles. The van der Waals surface area contributed by atoms with E-state index < -0.39 is 0 Å². The second kappa shape index (κ2) is 8.93. The molecule has 0 N–H and O–H groups in total. The summed E-state index contributed by atoms with van der Waals surface area (Å²) in [7, 11) is 0. The highest BCUT2D eigenvalue weighted by molar-refractivity contribution is 6.30. The molecule has 0 amide bonds. The number of nitrogens with zero attached hydrogens (tertiary/aromatic N) is 4. The lowest BCUT2D eigenvalue weighted by molar-refractivity contribution is 0.181. The Hall–Kier alpha value is -1.88. The van der Waals surface area contributed by atoms with Crippen LogP contribution in [0.4, 0.5) is 0 Å². The van der Waals surface area contributed by atoms with Crippen molar-refractivity contribution >= 4 is 22.6 Å². The number of imidazole rings is 1. The van der Waals surface area contributed by atoms with E-state index in [1.165, 1.54) is 79.9 Å². The molecule has 164 valence electrons. The maximum absolute atomic E-state index is 6.13. The Morgan fingerprint density at radius 2 is 1.68 bits per heavy atom. The highest BCUT2D eigenvalue weighted by Gasteiger charge is 2.29. The number of aryl methyl sites for hydroxylation is 2. The van der Waals surface area contributed by atoms with E-state index in [1.54, 1.807) is 0 Å². The van der Waals surface area contributed by atoms with Crippen molar-refractivity contribution in [3.05, 3.63) is 63.9 Å². The van der Waals surface area contributed by atoms with E-state index in [0.717, 1.165) is 23.6 Å². The van der Waals surface area contributed by atoms with Crippen LogP contribution in [-0.4, -0.2) is 51.6 Å². The average Bonchev–Trinajstić information content (AvgIpc) is 3.48. The van der Waals surface area contributed by atoms with Gasteiger partial charge in [0.15, 0.2) is 0 Å². The van der Waals surface area contributed by atoms with E-state index in [4.69, 9.17) is 16.6 Å². The van der Waals surface area contributed by atoms with Crippen LogP contribution in [0.3, 0.4) is 0 Å². The minimum Gasteiger partial charge on any atom is -0.322 e. The van der Waals surface area contributed by atoms with Crippen LogP contribution >= 0.6 is 11.6 Å². The smallest absolute Gasteiger partial charge is 0.124 e. The number of fused-ring (bicyclic) bond motifs is 1. The van der Waals surface area contributed by atoms with E-state index in [9.17, 15) is 0 Å². The molecule has 5 heteroatoms. The molecule has 2 aromatic carbocycles. The second-order valence-electron chi connectivity index (χ2n) is 9.44. The molecule has 0 unspecified atom stereocenters. The highest BCUT2D eigenvalue weighted by Crippen LogP contribution is 2.27. The van der Waals surface area contributed by atoms with E-state index in [1.807, 2.05) is 12.1 Å². The molecule has 3 heterocycles. The van der Waals surface area contributed by atoms with Crippen LogP contribution in [0, 0.1) is 13.8 Å². The van der Waals surface area contributed by atoms with Gasteiger partial charge in [0.1, 0.15) is 5.82 Å². The first-order chi connectivity index (χ1) is 15.1. The molecular weight excluding hydrogens is 404 g/mol. The summed E-state index contributed by atoms with van der Waals surface area (Å²) in [5, 5.41) is 0.785. The predicted octanol–water partition coefficient (Wildman–Crippen LogP) is 5.42. The molecule has 5 rings (SSSR count). The van der Waals surface area contributed by atoms with Gasteiger partial charge in [-0.2, -0.15) is 0 Å². The summed E-state index contributed by atoms with van der Waals surface area (Å²) in [5.41, 5.74) is 6.25. The van der Waals surface area contributed by atoms with E-state index in [2.05, 4.69) is 52.5 Å². The van der Waals surface area contributed by atoms with E-state index in [0.29, 0.717) is 6.04 Å². The van der Waals surface area contributed by atoms with Crippen molar-refractivity contribution in [3.63, 3.8) is 0 Å². The third kappa shape index (κ3) is 4.52. The molecule has 1 atom stereocenters. The van der Waals surface area contributed by atoms with Crippen molar-refractivity contribution in [2.75, 3.05) is 26.2 Å². The molecule has 2 aliphatic heterocycles. The standard InChI is InChI=1S/C26H33ClN4/c1-19-14-24-25(15-20(19)2)31(16-21-7-9-22(27)10-8-21)26(28-24)18-30-13-5-6-23(30)17-29-11-3-4-12-29/h7-10,14-15,23H,3-6,11-13,16-18H2,1-2H3/t23-/m0/s1. The third-order valence-corrected chi connectivity index (χ3v) is 7.46. The highest BCUT2D eigenvalue weighted by atomic mass is 35.5. The fraction of sp³-hybridized carbons (Fsp3) is 0.500. The molecule has 1 aromatic heterocycles. The maximum atomic E-state index is 6.13. The first-order valence-corrected chi connectivity index (χ1v) is 12.1. The quantitative estimate of drug-likeness (QED) is 0.516. The number of likely N-dealkylation sites (tertiary alicyclic amines) is 2. The summed E-state index contributed by atoms with van der Waals surface area (Å²) in [6.07, 6.45) is 5.34. The average molecular weight is 437 g/mol. The summed E-state index contributed by atoms with van der Waals surface area (Å²) < 4.78 is 2.43. The molecule has 2 aliphatic rings. The molecular formula is C26H33ClN4. The van der Waals surface area contributed by atoms with Crippen LogP contribution in [0.1, 0.15) is 48.2 Å². The lowest BCUT2D eigenvalue weighted by Gasteiger charge is -2.28. The zero-order valence-electron chi connectivity index (χ0n) is 18.8. The molecule has 0 spiro atoms. The fourth-order valence-corrected chi connectivity index (χ4v) is 5.38. The van der Waals surface area contributed by atoms with Crippen molar-refractivity contribution in [1.82, 2.24) is 19.4 Å². The van der Waals surface area contributed by atoms with Crippen molar-refractivity contribution < 1.29 is 0 Å². The summed E-state index contributed by atoms with van der Waals surface area (Å²) in [5.74, 6) is 1.18. The van der Waals surface area contributed by atoms with Crippen LogP contribution in [-0.2, 0) is 13.1 Å². The van der Waals surface area contributed by atoms with Crippen molar-refractivity contribution in [2.45, 2.75) is 58.7 Å². The Bertz CT molecular complexity index is 1050. The summed E-state index contributed by atoms with van der Waals surface area (Å²) in [4.78, 5) is 10.5. The Kier molecular flexibility index (Phi) is 6.05. The number of aromatic nitrogens is 2. The minimum absolute atomic E-state index is 0.658. The van der Waals surface area contributed by atoms with Gasteiger partial charge in [0.05, 0.1) is 17.6 Å². The molecule has 3 aromatic rings. The maximum Gasteiger partial charge on any atom is 0.124 e. The van der Waals surface area contributed by atoms with Crippen LogP contribution in [0.2, 0.25) is 5.02 Å². The molecule has 0 aliphatic carbocycles. The second-order valence-corrected chi connectivity index (χ2v) is 9.88. The topological polar surface area (TPSA) is 24.3 Å². The summed E-state index contributed by atoms with van der Waals surface area (Å²) >= 11 is 6.13. The first-order valence-electron chi connectivity index (χ1n) is 11.7. The van der Waals surface area contributed by atoms with Crippen LogP contribution in [0.5, 0.6) is 0 Å². The Balaban J connectivity index is 1.45. The molecule has 4 nitrogen and oxygen atoms in total. The predicted molar refractivity (Wildman–Crippen MR) is 129 cm³/mol.